The van der Waals surface area contributed by atoms with Gasteiger partial charge in [0.1, 0.15) is 0 Å². The molecule has 0 radical (unpaired) electrons. The van der Waals surface area contributed by atoms with Gasteiger partial charge in [-0.3, -0.25) is 0 Å². The molecule has 2 rings (SSSR count). The summed E-state index contributed by atoms with van der Waals surface area (Å²) in [6.07, 6.45) is 0. The van der Waals surface area contributed by atoms with Crippen LogP contribution < -0.4 is 9.64 Å². The van der Waals surface area contributed by atoms with Crippen LogP contribution in [0.4, 0.5) is 5.82 Å². The molecule has 1 fully saturated rings. The van der Waals surface area contributed by atoms with Crippen LogP contribution in [0.15, 0.2) is 0 Å². The molecule has 0 amide bonds. The smallest absolute Gasteiger partial charge is 0.270 e. The first-order valence-electron chi connectivity index (χ1n) is 5.19. The fourth-order valence-electron chi connectivity index (χ4n) is 1.77. The van der Waals surface area contributed by atoms with Crippen molar-refractivity contribution in [3.8, 4) is 5.88 Å². The summed E-state index contributed by atoms with van der Waals surface area (Å²) in [6, 6.07) is 0. The van der Waals surface area contributed by atoms with Crippen LogP contribution in [0.2, 0.25) is 0 Å². The van der Waals surface area contributed by atoms with Crippen molar-refractivity contribution in [2.75, 3.05) is 44.7 Å². The zero-order chi connectivity index (χ0) is 10.7. The molecule has 5 nitrogen and oxygen atoms in total. The Bertz CT molecular complexity index is 309. The number of piperazine rings is 1. The molecular formula is C9H16N4OS. The van der Waals surface area contributed by atoms with E-state index in [9.17, 15) is 0 Å². The average molecular weight is 228 g/mol. The second-order valence-corrected chi connectivity index (χ2v) is 4.05. The minimum absolute atomic E-state index is 0.657. The van der Waals surface area contributed by atoms with Crippen LogP contribution in [0.3, 0.4) is 0 Å². The number of rotatable bonds is 3. The molecule has 1 aliphatic heterocycles. The van der Waals surface area contributed by atoms with Crippen LogP contribution in [-0.4, -0.2) is 53.5 Å². The molecule has 1 saturated heterocycles. The Morgan fingerprint density at radius 2 is 2.00 bits per heavy atom. The third kappa shape index (κ3) is 2.21. The highest BCUT2D eigenvalue weighted by Crippen LogP contribution is 2.25. The highest BCUT2D eigenvalue weighted by Gasteiger charge is 2.21. The quantitative estimate of drug-likeness (QED) is 0.761. The second kappa shape index (κ2) is 4.76. The van der Waals surface area contributed by atoms with E-state index in [1.807, 2.05) is 0 Å². The maximum Gasteiger partial charge on any atom is 0.270 e. The van der Waals surface area contributed by atoms with Gasteiger partial charge in [0.15, 0.2) is 0 Å². The van der Waals surface area contributed by atoms with Crippen LogP contribution in [-0.2, 0) is 0 Å². The summed E-state index contributed by atoms with van der Waals surface area (Å²) in [7, 11) is 1.64. The molecule has 1 aromatic heterocycles. The lowest BCUT2D eigenvalue weighted by molar-refractivity contribution is 0.269. The lowest BCUT2D eigenvalue weighted by Gasteiger charge is -2.33. The van der Waals surface area contributed by atoms with Gasteiger partial charge < -0.3 is 14.5 Å². The summed E-state index contributed by atoms with van der Waals surface area (Å²) < 4.78 is 13.5. The summed E-state index contributed by atoms with van der Waals surface area (Å²) in [5.74, 6) is 1.56. The number of methoxy groups -OCH3 is 1. The predicted molar refractivity (Wildman–Crippen MR) is 60.8 cm³/mol. The summed E-state index contributed by atoms with van der Waals surface area (Å²) >= 11 is 1.21. The van der Waals surface area contributed by atoms with E-state index in [1.54, 1.807) is 7.11 Å². The molecule has 0 N–H and O–H groups in total. The molecule has 1 aromatic rings. The molecule has 0 spiro atoms. The minimum atomic E-state index is 0.657. The number of likely N-dealkylation sites (N-methyl/N-ethyl adjacent to an activating group) is 1. The summed E-state index contributed by atoms with van der Waals surface area (Å²) in [5, 5.41) is 0. The molecule has 84 valence electrons. The van der Waals surface area contributed by atoms with Crippen LogP contribution in [0.25, 0.3) is 0 Å². The third-order valence-electron chi connectivity index (χ3n) is 2.75. The molecule has 0 aromatic carbocycles. The number of ether oxygens (including phenoxy) is 1. The molecule has 0 saturated carbocycles. The predicted octanol–water partition coefficient (Wildman–Crippen LogP) is 0.689. The van der Waals surface area contributed by atoms with E-state index < -0.39 is 0 Å². The van der Waals surface area contributed by atoms with Crippen molar-refractivity contribution in [2.45, 2.75) is 6.92 Å². The standard InChI is InChI=1S/C9H16N4OS/c1-3-12-4-6-13(7-5-12)8-9(14-2)11-15-10-8/h3-7H2,1-2H3. The molecule has 2 heterocycles. The van der Waals surface area contributed by atoms with Gasteiger partial charge in [0, 0.05) is 26.2 Å². The monoisotopic (exact) mass is 228 g/mol. The minimum Gasteiger partial charge on any atom is -0.478 e. The van der Waals surface area contributed by atoms with E-state index in [-0.39, 0.29) is 0 Å². The second-order valence-electron chi connectivity index (χ2n) is 3.52. The Labute approximate surface area is 94.0 Å². The first kappa shape index (κ1) is 10.6. The van der Waals surface area contributed by atoms with E-state index in [4.69, 9.17) is 4.74 Å². The maximum atomic E-state index is 5.17. The molecule has 0 bridgehead atoms. The number of nitrogens with zero attached hydrogens (tertiary/aromatic N) is 4. The Kier molecular flexibility index (Phi) is 3.37. The van der Waals surface area contributed by atoms with Crippen molar-refractivity contribution in [2.24, 2.45) is 0 Å². The molecule has 15 heavy (non-hydrogen) atoms. The van der Waals surface area contributed by atoms with Crippen molar-refractivity contribution >= 4 is 17.5 Å². The van der Waals surface area contributed by atoms with Gasteiger partial charge in [-0.05, 0) is 6.54 Å². The first-order valence-corrected chi connectivity index (χ1v) is 5.92. The summed E-state index contributed by atoms with van der Waals surface area (Å²) in [5.41, 5.74) is 0. The summed E-state index contributed by atoms with van der Waals surface area (Å²) in [6.45, 7) is 7.53. The van der Waals surface area contributed by atoms with Gasteiger partial charge >= 0.3 is 0 Å². The van der Waals surface area contributed by atoms with Crippen LogP contribution in [0, 0.1) is 0 Å². The molecule has 0 unspecified atom stereocenters. The van der Waals surface area contributed by atoms with Gasteiger partial charge in [-0.25, -0.2) is 0 Å². The van der Waals surface area contributed by atoms with Gasteiger partial charge in [0.25, 0.3) is 5.88 Å². The number of hydrogen-bond donors (Lipinski definition) is 0. The Balaban J connectivity index is 2.01. The molecule has 6 heteroatoms. The van der Waals surface area contributed by atoms with Crippen molar-refractivity contribution in [3.63, 3.8) is 0 Å². The third-order valence-corrected chi connectivity index (χ3v) is 3.26. The SMILES string of the molecule is CCN1CCN(c2nsnc2OC)CC1. The average Bonchev–Trinajstić information content (AvgIpc) is 2.77. The van der Waals surface area contributed by atoms with E-state index in [2.05, 4.69) is 25.5 Å². The largest absolute Gasteiger partial charge is 0.478 e. The van der Waals surface area contributed by atoms with E-state index in [0.29, 0.717) is 5.88 Å². The number of aromatic nitrogens is 2. The van der Waals surface area contributed by atoms with Crippen LogP contribution in [0.1, 0.15) is 6.92 Å². The van der Waals surface area contributed by atoms with Crippen molar-refractivity contribution in [1.82, 2.24) is 13.6 Å². The number of hydrogen-bond acceptors (Lipinski definition) is 6. The van der Waals surface area contributed by atoms with E-state index in [1.165, 1.54) is 11.7 Å². The lowest BCUT2D eigenvalue weighted by atomic mass is 10.3. The Morgan fingerprint density at radius 1 is 1.27 bits per heavy atom. The maximum absolute atomic E-state index is 5.17. The van der Waals surface area contributed by atoms with Gasteiger partial charge in [0.05, 0.1) is 18.8 Å². The molecular weight excluding hydrogens is 212 g/mol. The fraction of sp³-hybridized carbons (Fsp3) is 0.778. The van der Waals surface area contributed by atoms with E-state index >= 15 is 0 Å². The topological polar surface area (TPSA) is 41.5 Å². The van der Waals surface area contributed by atoms with Crippen LogP contribution in [0.5, 0.6) is 5.88 Å². The molecule has 1 aliphatic rings. The number of anilines is 1. The lowest BCUT2D eigenvalue weighted by Crippen LogP contribution is -2.46. The zero-order valence-corrected chi connectivity index (χ0v) is 9.96. The summed E-state index contributed by atoms with van der Waals surface area (Å²) in [4.78, 5) is 4.68. The van der Waals surface area contributed by atoms with E-state index in [0.717, 1.165) is 38.5 Å². The molecule has 0 atom stereocenters. The molecule has 0 aliphatic carbocycles. The highest BCUT2D eigenvalue weighted by atomic mass is 32.1. The normalized spacial score (nSPS) is 18.1. The van der Waals surface area contributed by atoms with Crippen LogP contribution >= 0.6 is 11.7 Å². The first-order chi connectivity index (χ1) is 7.35. The highest BCUT2D eigenvalue weighted by molar-refractivity contribution is 6.99. The van der Waals surface area contributed by atoms with Gasteiger partial charge in [-0.2, -0.15) is 4.37 Å². The van der Waals surface area contributed by atoms with Crippen molar-refractivity contribution < 1.29 is 4.74 Å². The van der Waals surface area contributed by atoms with Gasteiger partial charge in [-0.1, -0.05) is 6.92 Å². The van der Waals surface area contributed by atoms with Gasteiger partial charge in [-0.15, -0.1) is 4.37 Å². The van der Waals surface area contributed by atoms with Crippen molar-refractivity contribution in [1.29, 1.82) is 0 Å². The zero-order valence-electron chi connectivity index (χ0n) is 9.14. The fourth-order valence-corrected chi connectivity index (χ4v) is 2.32. The van der Waals surface area contributed by atoms with Gasteiger partial charge in [0.2, 0.25) is 5.82 Å². The van der Waals surface area contributed by atoms with Crippen molar-refractivity contribution in [3.05, 3.63) is 0 Å². The Hall–Kier alpha value is -0.880. The Morgan fingerprint density at radius 3 is 2.60 bits per heavy atom.